The molecule has 4 nitrogen and oxygen atoms in total. The summed E-state index contributed by atoms with van der Waals surface area (Å²) in [7, 11) is 0. The molecule has 0 aliphatic rings. The van der Waals surface area contributed by atoms with Crippen molar-refractivity contribution in [3.63, 3.8) is 0 Å². The number of rotatable bonds is 3. The zero-order chi connectivity index (χ0) is 16.4. The summed E-state index contributed by atoms with van der Waals surface area (Å²) < 4.78 is 39.3. The van der Waals surface area contributed by atoms with E-state index in [0.29, 0.717) is 0 Å². The number of ketones is 1. The van der Waals surface area contributed by atoms with Crippen LogP contribution in [0.2, 0.25) is 0 Å². The van der Waals surface area contributed by atoms with Gasteiger partial charge in [-0.3, -0.25) is 4.79 Å². The van der Waals surface area contributed by atoms with Crippen LogP contribution in [0.4, 0.5) is 13.2 Å². The maximum absolute atomic E-state index is 13.2. The summed E-state index contributed by atoms with van der Waals surface area (Å²) in [5, 5.41) is 6.61. The Bertz CT molecular complexity index is 827. The Morgan fingerprint density at radius 3 is 2.04 bits per heavy atom. The number of benzene rings is 2. The van der Waals surface area contributed by atoms with E-state index in [1.165, 1.54) is 24.3 Å². The second-order valence-corrected chi connectivity index (χ2v) is 4.73. The molecule has 1 aromatic heterocycles. The van der Waals surface area contributed by atoms with Gasteiger partial charge in [0.05, 0.1) is 0 Å². The van der Waals surface area contributed by atoms with Crippen LogP contribution in [0.1, 0.15) is 16.1 Å². The van der Waals surface area contributed by atoms with Crippen molar-refractivity contribution in [1.29, 1.82) is 0 Å². The summed E-state index contributed by atoms with van der Waals surface area (Å²) >= 11 is 0. The molecule has 0 bridgehead atoms. The van der Waals surface area contributed by atoms with Crippen molar-refractivity contribution in [2.24, 2.45) is 0 Å². The van der Waals surface area contributed by atoms with Crippen LogP contribution in [0, 0.1) is 0 Å². The fourth-order valence-electron chi connectivity index (χ4n) is 2.19. The molecule has 0 atom stereocenters. The largest absolute Gasteiger partial charge is 0.506 e. The third-order valence-corrected chi connectivity index (χ3v) is 3.21. The molecule has 0 fully saturated rings. The molecular weight excluding hydrogens is 307 g/mol. The molecule has 0 amide bonds. The first-order chi connectivity index (χ1) is 11.0. The summed E-state index contributed by atoms with van der Waals surface area (Å²) in [6, 6.07) is 15.8. The van der Waals surface area contributed by atoms with Crippen molar-refractivity contribution < 1.29 is 18.0 Å². The minimum Gasteiger partial charge on any atom is -0.287 e. The second kappa shape index (κ2) is 5.68. The molecular formula is C16H10F3N3O. The van der Waals surface area contributed by atoms with Gasteiger partial charge in [0, 0.05) is 11.1 Å². The van der Waals surface area contributed by atoms with Gasteiger partial charge >= 0.3 is 6.30 Å². The van der Waals surface area contributed by atoms with Gasteiger partial charge in [0.15, 0.2) is 5.69 Å². The standard InChI is InChI=1S/C16H10F3N3O/c17-16(18,19)22-14(11-7-3-1-4-8-11)13(20-21-22)15(23)12-9-5-2-6-10-12/h1-10H. The highest BCUT2D eigenvalue weighted by atomic mass is 19.4. The predicted octanol–water partition coefficient (Wildman–Crippen LogP) is 3.65. The fraction of sp³-hybridized carbons (Fsp3) is 0.0625. The lowest BCUT2D eigenvalue weighted by Gasteiger charge is -2.10. The summed E-state index contributed by atoms with van der Waals surface area (Å²) in [5.74, 6) is -0.611. The van der Waals surface area contributed by atoms with Crippen LogP contribution in [0.3, 0.4) is 0 Å². The number of carbonyl (C=O) groups is 1. The second-order valence-electron chi connectivity index (χ2n) is 4.73. The van der Waals surface area contributed by atoms with Crippen molar-refractivity contribution in [2.75, 3.05) is 0 Å². The average molecular weight is 317 g/mol. The summed E-state index contributed by atoms with van der Waals surface area (Å²) in [6.07, 6.45) is -4.77. The zero-order valence-electron chi connectivity index (χ0n) is 11.7. The molecule has 0 saturated carbocycles. The van der Waals surface area contributed by atoms with Crippen molar-refractivity contribution in [1.82, 2.24) is 15.0 Å². The molecule has 2 aromatic carbocycles. The fourth-order valence-corrected chi connectivity index (χ4v) is 2.19. The van der Waals surface area contributed by atoms with E-state index in [1.807, 2.05) is 0 Å². The van der Waals surface area contributed by atoms with Crippen LogP contribution in [0.5, 0.6) is 0 Å². The van der Waals surface area contributed by atoms with E-state index in [-0.39, 0.29) is 27.2 Å². The number of aromatic nitrogens is 3. The summed E-state index contributed by atoms with van der Waals surface area (Å²) in [4.78, 5) is 12.5. The van der Waals surface area contributed by atoms with Gasteiger partial charge in [-0.25, -0.2) is 0 Å². The van der Waals surface area contributed by atoms with E-state index in [4.69, 9.17) is 0 Å². The molecule has 3 rings (SSSR count). The normalized spacial score (nSPS) is 11.4. The highest BCUT2D eigenvalue weighted by Crippen LogP contribution is 2.31. The molecule has 0 spiro atoms. The van der Waals surface area contributed by atoms with E-state index in [2.05, 4.69) is 10.3 Å². The molecule has 3 aromatic rings. The SMILES string of the molecule is O=C(c1ccccc1)c1nnn(C(F)(F)F)c1-c1ccccc1. The minimum atomic E-state index is -4.77. The number of halogens is 3. The number of carbonyl (C=O) groups excluding carboxylic acids is 1. The topological polar surface area (TPSA) is 47.8 Å². The van der Waals surface area contributed by atoms with E-state index >= 15 is 0 Å². The maximum atomic E-state index is 13.2. The molecule has 0 unspecified atom stereocenters. The zero-order valence-corrected chi connectivity index (χ0v) is 11.7. The van der Waals surface area contributed by atoms with E-state index in [0.717, 1.165) is 0 Å². The Balaban J connectivity index is 2.19. The smallest absolute Gasteiger partial charge is 0.287 e. The van der Waals surface area contributed by atoms with Crippen molar-refractivity contribution >= 4 is 5.78 Å². The summed E-state index contributed by atoms with van der Waals surface area (Å²) in [6.45, 7) is 0. The van der Waals surface area contributed by atoms with Gasteiger partial charge < -0.3 is 0 Å². The average Bonchev–Trinajstić information content (AvgIpc) is 3.01. The van der Waals surface area contributed by atoms with Crippen LogP contribution in [0.25, 0.3) is 11.3 Å². The van der Waals surface area contributed by atoms with Crippen LogP contribution in [0.15, 0.2) is 60.7 Å². The molecule has 7 heteroatoms. The van der Waals surface area contributed by atoms with Gasteiger partial charge in [-0.2, -0.15) is 0 Å². The van der Waals surface area contributed by atoms with Gasteiger partial charge in [0.25, 0.3) is 0 Å². The molecule has 1 heterocycles. The number of hydrogen-bond acceptors (Lipinski definition) is 3. The number of nitrogens with zero attached hydrogens (tertiary/aromatic N) is 3. The Morgan fingerprint density at radius 2 is 1.48 bits per heavy atom. The Morgan fingerprint density at radius 1 is 0.913 bits per heavy atom. The molecule has 0 saturated heterocycles. The molecule has 0 N–H and O–H groups in total. The van der Waals surface area contributed by atoms with Gasteiger partial charge in [0.2, 0.25) is 5.78 Å². The van der Waals surface area contributed by atoms with Crippen molar-refractivity contribution in [3.05, 3.63) is 71.9 Å². The Labute approximate surface area is 129 Å². The van der Waals surface area contributed by atoms with Gasteiger partial charge in [-0.1, -0.05) is 65.9 Å². The molecule has 0 aliphatic carbocycles. The third-order valence-electron chi connectivity index (χ3n) is 3.21. The number of hydrogen-bond donors (Lipinski definition) is 0. The van der Waals surface area contributed by atoms with Crippen LogP contribution in [-0.4, -0.2) is 20.8 Å². The Kier molecular flexibility index (Phi) is 3.69. The lowest BCUT2D eigenvalue weighted by molar-refractivity contribution is -0.211. The van der Waals surface area contributed by atoms with Crippen molar-refractivity contribution in [3.8, 4) is 11.3 Å². The van der Waals surface area contributed by atoms with E-state index in [1.54, 1.807) is 36.4 Å². The van der Waals surface area contributed by atoms with Gasteiger partial charge in [-0.05, 0) is 0 Å². The highest BCUT2D eigenvalue weighted by molar-refractivity contribution is 6.10. The maximum Gasteiger partial charge on any atom is 0.506 e. The first-order valence-electron chi connectivity index (χ1n) is 6.66. The lowest BCUT2D eigenvalue weighted by atomic mass is 10.0. The van der Waals surface area contributed by atoms with E-state index < -0.39 is 12.1 Å². The first-order valence-corrected chi connectivity index (χ1v) is 6.66. The highest BCUT2D eigenvalue weighted by Gasteiger charge is 2.38. The van der Waals surface area contributed by atoms with Crippen LogP contribution >= 0.6 is 0 Å². The third kappa shape index (κ3) is 2.85. The number of alkyl halides is 3. The molecule has 23 heavy (non-hydrogen) atoms. The first kappa shape index (κ1) is 15.0. The molecule has 116 valence electrons. The van der Waals surface area contributed by atoms with E-state index in [9.17, 15) is 18.0 Å². The Hall–Kier alpha value is -2.96. The minimum absolute atomic E-state index is 0.182. The molecule has 0 radical (unpaired) electrons. The van der Waals surface area contributed by atoms with Crippen LogP contribution < -0.4 is 0 Å². The predicted molar refractivity (Wildman–Crippen MR) is 76.6 cm³/mol. The monoisotopic (exact) mass is 317 g/mol. The molecule has 0 aliphatic heterocycles. The van der Waals surface area contributed by atoms with Gasteiger partial charge in [-0.15, -0.1) is 23.0 Å². The summed E-state index contributed by atoms with van der Waals surface area (Å²) in [5.41, 5.74) is -0.236. The van der Waals surface area contributed by atoms with Crippen LogP contribution in [-0.2, 0) is 6.30 Å². The van der Waals surface area contributed by atoms with Gasteiger partial charge in [0.1, 0.15) is 5.69 Å². The lowest BCUT2D eigenvalue weighted by Crippen LogP contribution is -2.20. The quantitative estimate of drug-likeness (QED) is 0.693. The van der Waals surface area contributed by atoms with Crippen molar-refractivity contribution in [2.45, 2.75) is 6.30 Å².